The lowest BCUT2D eigenvalue weighted by molar-refractivity contribution is -0.170. The van der Waals surface area contributed by atoms with E-state index in [0.29, 0.717) is 12.3 Å². The summed E-state index contributed by atoms with van der Waals surface area (Å²) in [4.78, 5) is 10.8. The topological polar surface area (TPSA) is 57.5 Å². The highest BCUT2D eigenvalue weighted by Gasteiger charge is 2.45. The van der Waals surface area contributed by atoms with Crippen molar-refractivity contribution in [2.45, 2.75) is 38.7 Å². The zero-order valence-electron chi connectivity index (χ0n) is 7.58. The van der Waals surface area contributed by atoms with E-state index in [1.807, 2.05) is 6.92 Å². The molecule has 0 aromatic heterocycles. The van der Waals surface area contributed by atoms with Crippen molar-refractivity contribution in [3.8, 4) is 0 Å². The van der Waals surface area contributed by atoms with Crippen LogP contribution in [0.1, 0.15) is 33.1 Å². The fraction of sp³-hybridized carbons (Fsp3) is 0.889. The van der Waals surface area contributed by atoms with Crippen molar-refractivity contribution in [1.29, 1.82) is 0 Å². The van der Waals surface area contributed by atoms with Gasteiger partial charge in [-0.15, -0.1) is 0 Å². The molecule has 0 aliphatic heterocycles. The summed E-state index contributed by atoms with van der Waals surface area (Å²) < 4.78 is 0. The van der Waals surface area contributed by atoms with Crippen LogP contribution in [0.5, 0.6) is 0 Å². The van der Waals surface area contributed by atoms with E-state index >= 15 is 0 Å². The quantitative estimate of drug-likeness (QED) is 0.626. The van der Waals surface area contributed by atoms with E-state index < -0.39 is 11.6 Å². The van der Waals surface area contributed by atoms with Gasteiger partial charge in [0.1, 0.15) is 0 Å². The summed E-state index contributed by atoms with van der Waals surface area (Å²) in [5.41, 5.74) is -1.47. The Bertz CT molecular complexity index is 190. The predicted molar refractivity (Wildman–Crippen MR) is 44.8 cm³/mol. The maximum atomic E-state index is 10.8. The van der Waals surface area contributed by atoms with Gasteiger partial charge in [0.15, 0.2) is 5.60 Å². The summed E-state index contributed by atoms with van der Waals surface area (Å²) in [7, 11) is 0. The molecule has 0 radical (unpaired) electrons. The Labute approximate surface area is 72.4 Å². The molecule has 3 nitrogen and oxygen atoms in total. The lowest BCUT2D eigenvalue weighted by atomic mass is 9.72. The van der Waals surface area contributed by atoms with Crippen LogP contribution in [0, 0.1) is 11.8 Å². The largest absolute Gasteiger partial charge is 0.479 e. The van der Waals surface area contributed by atoms with Crippen molar-refractivity contribution in [3.05, 3.63) is 0 Å². The third-order valence-corrected chi connectivity index (χ3v) is 2.94. The normalized spacial score (nSPS) is 42.6. The Hall–Kier alpha value is -0.570. The van der Waals surface area contributed by atoms with Crippen LogP contribution >= 0.6 is 0 Å². The molecule has 0 bridgehead atoms. The Morgan fingerprint density at radius 3 is 2.42 bits per heavy atom. The van der Waals surface area contributed by atoms with Crippen molar-refractivity contribution >= 4 is 5.97 Å². The number of rotatable bonds is 1. The van der Waals surface area contributed by atoms with E-state index in [1.54, 1.807) is 6.92 Å². The van der Waals surface area contributed by atoms with Gasteiger partial charge in [-0.3, -0.25) is 0 Å². The second kappa shape index (κ2) is 3.05. The molecule has 1 aliphatic rings. The lowest BCUT2D eigenvalue weighted by Gasteiger charge is -2.37. The molecule has 0 amide bonds. The van der Waals surface area contributed by atoms with E-state index in [2.05, 4.69) is 0 Å². The first-order valence-corrected chi connectivity index (χ1v) is 4.42. The molecule has 3 atom stereocenters. The van der Waals surface area contributed by atoms with Gasteiger partial charge in [0.05, 0.1) is 0 Å². The number of carbonyl (C=O) groups is 1. The molecule has 70 valence electrons. The van der Waals surface area contributed by atoms with Gasteiger partial charge in [-0.25, -0.2) is 4.79 Å². The summed E-state index contributed by atoms with van der Waals surface area (Å²) in [5, 5.41) is 18.6. The molecular weight excluding hydrogens is 156 g/mol. The Kier molecular flexibility index (Phi) is 2.42. The van der Waals surface area contributed by atoms with Crippen molar-refractivity contribution in [2.24, 2.45) is 11.8 Å². The molecule has 1 fully saturated rings. The second-order valence-electron chi connectivity index (χ2n) is 4.02. The maximum Gasteiger partial charge on any atom is 0.335 e. The number of carboxylic acid groups (broad SMARTS) is 1. The molecule has 0 aromatic carbocycles. The van der Waals surface area contributed by atoms with Gasteiger partial charge in [-0.2, -0.15) is 0 Å². The Morgan fingerprint density at radius 1 is 1.42 bits per heavy atom. The number of hydrogen-bond acceptors (Lipinski definition) is 2. The summed E-state index contributed by atoms with van der Waals surface area (Å²) in [5.74, 6) is -0.866. The van der Waals surface area contributed by atoms with Crippen LogP contribution in [0.4, 0.5) is 0 Å². The molecule has 1 saturated carbocycles. The van der Waals surface area contributed by atoms with E-state index in [-0.39, 0.29) is 5.92 Å². The molecule has 3 heteroatoms. The standard InChI is InChI=1S/C9H16O3/c1-6-3-4-7(2)9(12,5-6)8(10)11/h6-7,12H,3-5H2,1-2H3,(H,10,11). The van der Waals surface area contributed by atoms with Crippen molar-refractivity contribution in [1.82, 2.24) is 0 Å². The third kappa shape index (κ3) is 1.46. The Morgan fingerprint density at radius 2 is 2.00 bits per heavy atom. The van der Waals surface area contributed by atoms with Crippen LogP contribution in [0.2, 0.25) is 0 Å². The molecule has 1 aliphatic carbocycles. The van der Waals surface area contributed by atoms with Gasteiger partial charge < -0.3 is 10.2 Å². The molecule has 0 spiro atoms. The zero-order valence-corrected chi connectivity index (χ0v) is 7.58. The van der Waals surface area contributed by atoms with Crippen LogP contribution in [-0.4, -0.2) is 21.8 Å². The molecule has 12 heavy (non-hydrogen) atoms. The predicted octanol–water partition coefficient (Wildman–Crippen LogP) is 1.26. The SMILES string of the molecule is CC1CCC(C)C(O)(C(=O)O)C1. The highest BCUT2D eigenvalue weighted by Crippen LogP contribution is 2.36. The van der Waals surface area contributed by atoms with E-state index in [9.17, 15) is 9.90 Å². The monoisotopic (exact) mass is 172 g/mol. The molecule has 0 heterocycles. The summed E-state index contributed by atoms with van der Waals surface area (Å²) >= 11 is 0. The minimum Gasteiger partial charge on any atom is -0.479 e. The van der Waals surface area contributed by atoms with Gasteiger partial charge in [-0.05, 0) is 24.7 Å². The van der Waals surface area contributed by atoms with Crippen LogP contribution in [0.25, 0.3) is 0 Å². The van der Waals surface area contributed by atoms with Crippen LogP contribution in [0.3, 0.4) is 0 Å². The summed E-state index contributed by atoms with van der Waals surface area (Å²) in [6.07, 6.45) is 2.23. The van der Waals surface area contributed by atoms with Crippen LogP contribution in [0.15, 0.2) is 0 Å². The molecular formula is C9H16O3. The van der Waals surface area contributed by atoms with E-state index in [1.165, 1.54) is 0 Å². The third-order valence-electron chi connectivity index (χ3n) is 2.94. The molecule has 3 unspecified atom stereocenters. The second-order valence-corrected chi connectivity index (χ2v) is 4.02. The first kappa shape index (κ1) is 9.52. The van der Waals surface area contributed by atoms with Gasteiger partial charge in [-0.1, -0.05) is 20.3 Å². The minimum atomic E-state index is -1.47. The lowest BCUT2D eigenvalue weighted by Crippen LogP contribution is -2.48. The van der Waals surface area contributed by atoms with Crippen LogP contribution in [-0.2, 0) is 4.79 Å². The summed E-state index contributed by atoms with van der Waals surface area (Å²) in [6, 6.07) is 0. The smallest absolute Gasteiger partial charge is 0.335 e. The minimum absolute atomic E-state index is 0.119. The molecule has 1 rings (SSSR count). The van der Waals surface area contributed by atoms with E-state index in [0.717, 1.165) is 12.8 Å². The zero-order chi connectivity index (χ0) is 9.35. The number of aliphatic hydroxyl groups is 1. The van der Waals surface area contributed by atoms with Crippen LogP contribution < -0.4 is 0 Å². The molecule has 0 saturated heterocycles. The molecule has 2 N–H and O–H groups in total. The Balaban J connectivity index is 2.77. The van der Waals surface area contributed by atoms with Crippen molar-refractivity contribution in [3.63, 3.8) is 0 Å². The summed E-state index contributed by atoms with van der Waals surface area (Å²) in [6.45, 7) is 3.79. The van der Waals surface area contributed by atoms with Gasteiger partial charge in [0, 0.05) is 0 Å². The average molecular weight is 172 g/mol. The van der Waals surface area contributed by atoms with Gasteiger partial charge >= 0.3 is 5.97 Å². The average Bonchev–Trinajstić information content (AvgIpc) is 1.97. The van der Waals surface area contributed by atoms with Crippen molar-refractivity contribution in [2.75, 3.05) is 0 Å². The first-order chi connectivity index (χ1) is 5.47. The highest BCUT2D eigenvalue weighted by atomic mass is 16.4. The fourth-order valence-corrected chi connectivity index (χ4v) is 1.91. The first-order valence-electron chi connectivity index (χ1n) is 4.42. The fourth-order valence-electron chi connectivity index (χ4n) is 1.91. The highest BCUT2D eigenvalue weighted by molar-refractivity contribution is 5.77. The van der Waals surface area contributed by atoms with E-state index in [4.69, 9.17) is 5.11 Å². The van der Waals surface area contributed by atoms with Gasteiger partial charge in [0.2, 0.25) is 0 Å². The number of aliphatic carboxylic acids is 1. The number of hydrogen-bond donors (Lipinski definition) is 2. The maximum absolute atomic E-state index is 10.8. The number of carboxylic acids is 1. The van der Waals surface area contributed by atoms with Gasteiger partial charge in [0.25, 0.3) is 0 Å². The molecule has 0 aromatic rings. The van der Waals surface area contributed by atoms with Crippen molar-refractivity contribution < 1.29 is 15.0 Å².